The second-order valence-electron chi connectivity index (χ2n) is 4.20. The fraction of sp³-hybridized carbons (Fsp3) is 0.417. The zero-order valence-electron chi connectivity index (χ0n) is 9.21. The van der Waals surface area contributed by atoms with Crippen LogP contribution in [0.5, 0.6) is 0 Å². The first kappa shape index (κ1) is 12.8. The molecule has 2 N–H and O–H groups in total. The average Bonchev–Trinajstić information content (AvgIpc) is 2.33. The van der Waals surface area contributed by atoms with Crippen LogP contribution in [0.1, 0.15) is 23.2 Å². The number of carbonyl (C=O) groups excluding carboxylic acids is 1. The number of benzene rings is 1. The molecule has 0 aromatic heterocycles. The predicted octanol–water partition coefficient (Wildman–Crippen LogP) is 2.68. The smallest absolute Gasteiger partial charge is 0.184 e. The quantitative estimate of drug-likeness (QED) is 0.843. The van der Waals surface area contributed by atoms with Gasteiger partial charge in [-0.05, 0) is 25.0 Å². The summed E-state index contributed by atoms with van der Waals surface area (Å²) in [6.07, 6.45) is 1.02. The third kappa shape index (κ3) is 2.47. The van der Waals surface area contributed by atoms with E-state index in [1.165, 1.54) is 0 Å². The molecule has 1 aliphatic heterocycles. The standard InChI is InChI=1S/C12H13Cl2NO2/c13-9-3-1-2-8(10(9)14)11(16)12(15)4-6-17-7-5-12/h1-3H,4-7,15H2. The second kappa shape index (κ2) is 4.94. The number of halogens is 2. The maximum Gasteiger partial charge on any atom is 0.184 e. The van der Waals surface area contributed by atoms with E-state index in [1.807, 2.05) is 0 Å². The van der Waals surface area contributed by atoms with Gasteiger partial charge >= 0.3 is 0 Å². The molecule has 0 radical (unpaired) electrons. The number of Topliss-reactive ketones (excluding diaryl/α,β-unsaturated/α-hetero) is 1. The molecule has 0 bridgehead atoms. The van der Waals surface area contributed by atoms with E-state index in [2.05, 4.69) is 0 Å². The van der Waals surface area contributed by atoms with Crippen molar-refractivity contribution >= 4 is 29.0 Å². The number of rotatable bonds is 2. The predicted molar refractivity (Wildman–Crippen MR) is 67.8 cm³/mol. The van der Waals surface area contributed by atoms with Crippen molar-refractivity contribution in [2.75, 3.05) is 13.2 Å². The molecule has 1 fully saturated rings. The van der Waals surface area contributed by atoms with Gasteiger partial charge in [-0.1, -0.05) is 29.3 Å². The molecule has 2 rings (SSSR count). The molecule has 0 saturated carbocycles. The molecule has 1 aliphatic rings. The lowest BCUT2D eigenvalue weighted by Crippen LogP contribution is -2.52. The monoisotopic (exact) mass is 273 g/mol. The molecule has 0 amide bonds. The van der Waals surface area contributed by atoms with Crippen LogP contribution in [-0.2, 0) is 4.74 Å². The second-order valence-corrected chi connectivity index (χ2v) is 4.98. The molecule has 1 aromatic carbocycles. The normalized spacial score (nSPS) is 19.0. The lowest BCUT2D eigenvalue weighted by atomic mass is 9.83. The van der Waals surface area contributed by atoms with E-state index in [4.69, 9.17) is 33.7 Å². The Morgan fingerprint density at radius 3 is 2.59 bits per heavy atom. The summed E-state index contributed by atoms with van der Waals surface area (Å²) < 4.78 is 5.21. The van der Waals surface area contributed by atoms with Gasteiger partial charge in [0.25, 0.3) is 0 Å². The van der Waals surface area contributed by atoms with Crippen LogP contribution in [0.4, 0.5) is 0 Å². The first-order chi connectivity index (χ1) is 8.04. The van der Waals surface area contributed by atoms with Crippen LogP contribution in [0.15, 0.2) is 18.2 Å². The minimum Gasteiger partial charge on any atom is -0.381 e. The van der Waals surface area contributed by atoms with Crippen LogP contribution >= 0.6 is 23.2 Å². The summed E-state index contributed by atoms with van der Waals surface area (Å²) in [5.74, 6) is -0.159. The van der Waals surface area contributed by atoms with Crippen LogP contribution in [0.3, 0.4) is 0 Å². The minimum atomic E-state index is -0.882. The molecule has 1 heterocycles. The van der Waals surface area contributed by atoms with Crippen molar-refractivity contribution in [2.45, 2.75) is 18.4 Å². The third-order valence-electron chi connectivity index (χ3n) is 3.03. The minimum absolute atomic E-state index is 0.159. The Hall–Kier alpha value is -0.610. The Morgan fingerprint density at radius 1 is 1.29 bits per heavy atom. The number of carbonyl (C=O) groups is 1. The van der Waals surface area contributed by atoms with Crippen molar-refractivity contribution in [3.63, 3.8) is 0 Å². The molecule has 1 aromatic rings. The van der Waals surface area contributed by atoms with Gasteiger partial charge in [0.15, 0.2) is 5.78 Å². The number of ether oxygens (including phenoxy) is 1. The fourth-order valence-electron chi connectivity index (χ4n) is 1.91. The highest BCUT2D eigenvalue weighted by molar-refractivity contribution is 6.44. The molecular weight excluding hydrogens is 261 g/mol. The highest BCUT2D eigenvalue weighted by Gasteiger charge is 2.37. The number of hydrogen-bond acceptors (Lipinski definition) is 3. The molecule has 0 spiro atoms. The van der Waals surface area contributed by atoms with E-state index in [-0.39, 0.29) is 10.8 Å². The summed E-state index contributed by atoms with van der Waals surface area (Å²) in [6.45, 7) is 1.00. The number of nitrogens with two attached hydrogens (primary N) is 1. The molecule has 0 aliphatic carbocycles. The van der Waals surface area contributed by atoms with Gasteiger partial charge < -0.3 is 10.5 Å². The van der Waals surface area contributed by atoms with Crippen LogP contribution in [0, 0.1) is 0 Å². The Morgan fingerprint density at radius 2 is 1.94 bits per heavy atom. The van der Waals surface area contributed by atoms with E-state index in [9.17, 15) is 4.79 Å². The van der Waals surface area contributed by atoms with Gasteiger partial charge in [0.2, 0.25) is 0 Å². The maximum atomic E-state index is 12.4. The molecule has 1 saturated heterocycles. The zero-order valence-corrected chi connectivity index (χ0v) is 10.7. The van der Waals surface area contributed by atoms with Gasteiger partial charge in [0.1, 0.15) is 0 Å². The summed E-state index contributed by atoms with van der Waals surface area (Å²) in [7, 11) is 0. The summed E-state index contributed by atoms with van der Waals surface area (Å²) in [5, 5.41) is 0.642. The van der Waals surface area contributed by atoms with Gasteiger partial charge in [-0.15, -0.1) is 0 Å². The van der Waals surface area contributed by atoms with Crippen LogP contribution in [0.25, 0.3) is 0 Å². The highest BCUT2D eigenvalue weighted by atomic mass is 35.5. The summed E-state index contributed by atoms with van der Waals surface area (Å²) in [6, 6.07) is 5.00. The van der Waals surface area contributed by atoms with Crippen LogP contribution in [-0.4, -0.2) is 24.5 Å². The molecule has 17 heavy (non-hydrogen) atoms. The van der Waals surface area contributed by atoms with Crippen molar-refractivity contribution in [3.05, 3.63) is 33.8 Å². The third-order valence-corrected chi connectivity index (χ3v) is 3.85. The number of ketones is 1. The average molecular weight is 274 g/mol. The van der Waals surface area contributed by atoms with Crippen molar-refractivity contribution in [3.8, 4) is 0 Å². The maximum absolute atomic E-state index is 12.4. The van der Waals surface area contributed by atoms with Gasteiger partial charge in [0.05, 0.1) is 15.6 Å². The first-order valence-electron chi connectivity index (χ1n) is 5.40. The van der Waals surface area contributed by atoms with E-state index < -0.39 is 5.54 Å². The molecule has 0 atom stereocenters. The van der Waals surface area contributed by atoms with Crippen molar-refractivity contribution in [2.24, 2.45) is 5.73 Å². The van der Waals surface area contributed by atoms with E-state index in [0.29, 0.717) is 36.6 Å². The van der Waals surface area contributed by atoms with Crippen LogP contribution in [0.2, 0.25) is 10.0 Å². The van der Waals surface area contributed by atoms with E-state index in [1.54, 1.807) is 18.2 Å². The first-order valence-corrected chi connectivity index (χ1v) is 6.16. The molecule has 92 valence electrons. The van der Waals surface area contributed by atoms with Gasteiger partial charge in [-0.2, -0.15) is 0 Å². The zero-order chi connectivity index (χ0) is 12.5. The lowest BCUT2D eigenvalue weighted by molar-refractivity contribution is 0.0448. The topological polar surface area (TPSA) is 52.3 Å². The molecule has 0 unspecified atom stereocenters. The lowest BCUT2D eigenvalue weighted by Gasteiger charge is -2.32. The van der Waals surface area contributed by atoms with Gasteiger partial charge in [-0.25, -0.2) is 0 Å². The molecule has 5 heteroatoms. The molecule has 3 nitrogen and oxygen atoms in total. The van der Waals surface area contributed by atoms with Crippen molar-refractivity contribution in [1.82, 2.24) is 0 Å². The summed E-state index contributed by atoms with van der Waals surface area (Å²) in [4.78, 5) is 12.4. The Kier molecular flexibility index (Phi) is 3.73. The molecular formula is C12H13Cl2NO2. The van der Waals surface area contributed by atoms with E-state index in [0.717, 1.165) is 0 Å². The van der Waals surface area contributed by atoms with Gasteiger partial charge in [0, 0.05) is 18.8 Å². The summed E-state index contributed by atoms with van der Waals surface area (Å²) >= 11 is 11.9. The largest absolute Gasteiger partial charge is 0.381 e. The Labute approximate surface area is 110 Å². The number of hydrogen-bond donors (Lipinski definition) is 1. The van der Waals surface area contributed by atoms with Gasteiger partial charge in [-0.3, -0.25) is 4.79 Å². The van der Waals surface area contributed by atoms with Crippen LogP contribution < -0.4 is 5.73 Å². The summed E-state index contributed by atoms with van der Waals surface area (Å²) in [5.41, 5.74) is 5.63. The SMILES string of the molecule is NC1(C(=O)c2cccc(Cl)c2Cl)CCOCC1. The van der Waals surface area contributed by atoms with E-state index >= 15 is 0 Å². The van der Waals surface area contributed by atoms with Crippen molar-refractivity contribution in [1.29, 1.82) is 0 Å². The Balaban J connectivity index is 2.33. The Bertz CT molecular complexity index is 442. The van der Waals surface area contributed by atoms with Crippen molar-refractivity contribution < 1.29 is 9.53 Å². The highest BCUT2D eigenvalue weighted by Crippen LogP contribution is 2.30. The fourth-order valence-corrected chi connectivity index (χ4v) is 2.30.